The van der Waals surface area contributed by atoms with Crippen LogP contribution in [-0.2, 0) is 11.2 Å². The number of halogens is 1. The minimum Gasteiger partial charge on any atom is -0.351 e. The van der Waals surface area contributed by atoms with Gasteiger partial charge in [-0.15, -0.1) is 0 Å². The van der Waals surface area contributed by atoms with E-state index in [4.69, 9.17) is 0 Å². The fourth-order valence-electron chi connectivity index (χ4n) is 1.85. The predicted molar refractivity (Wildman–Crippen MR) is 62.7 cm³/mol. The first-order valence-corrected chi connectivity index (χ1v) is 5.34. The number of nitrogens with one attached hydrogen (secondary N) is 1. The monoisotopic (exact) mass is 223 g/mol. The van der Waals surface area contributed by atoms with Crippen molar-refractivity contribution in [2.45, 2.75) is 39.7 Å². The van der Waals surface area contributed by atoms with E-state index in [-0.39, 0.29) is 17.3 Å². The summed E-state index contributed by atoms with van der Waals surface area (Å²) in [7, 11) is 0. The molecule has 0 fully saturated rings. The lowest BCUT2D eigenvalue weighted by Gasteiger charge is -2.25. The molecule has 0 radical (unpaired) electrons. The van der Waals surface area contributed by atoms with Gasteiger partial charge in [-0.3, -0.25) is 4.79 Å². The van der Waals surface area contributed by atoms with Crippen LogP contribution < -0.4 is 5.32 Å². The van der Waals surface area contributed by atoms with Crippen molar-refractivity contribution in [3.05, 3.63) is 35.1 Å². The Balaban J connectivity index is 2.79. The predicted octanol–water partition coefficient (Wildman–Crippen LogP) is 2.59. The fraction of sp³-hybridized carbons (Fsp3) is 0.462. The molecule has 0 atom stereocenters. The highest BCUT2D eigenvalue weighted by Gasteiger charge is 2.19. The maximum Gasteiger partial charge on any atom is 0.217 e. The highest BCUT2D eigenvalue weighted by Crippen LogP contribution is 2.15. The molecule has 16 heavy (non-hydrogen) atoms. The minimum absolute atomic E-state index is 0.0520. The lowest BCUT2D eigenvalue weighted by molar-refractivity contribution is -0.120. The largest absolute Gasteiger partial charge is 0.351 e. The van der Waals surface area contributed by atoms with Crippen molar-refractivity contribution in [2.75, 3.05) is 0 Å². The zero-order valence-corrected chi connectivity index (χ0v) is 10.2. The number of carbonyl (C=O) groups is 1. The molecule has 0 aromatic heterocycles. The van der Waals surface area contributed by atoms with Crippen LogP contribution in [0.3, 0.4) is 0 Å². The van der Waals surface area contributed by atoms with Crippen molar-refractivity contribution in [1.82, 2.24) is 5.32 Å². The molecule has 0 heterocycles. The smallest absolute Gasteiger partial charge is 0.217 e. The van der Waals surface area contributed by atoms with Gasteiger partial charge in [-0.1, -0.05) is 12.1 Å². The van der Waals surface area contributed by atoms with Gasteiger partial charge >= 0.3 is 0 Å². The molecule has 1 amide bonds. The van der Waals surface area contributed by atoms with Crippen LogP contribution >= 0.6 is 0 Å². The van der Waals surface area contributed by atoms with E-state index in [1.165, 1.54) is 13.0 Å². The van der Waals surface area contributed by atoms with Gasteiger partial charge in [0.1, 0.15) is 5.82 Å². The van der Waals surface area contributed by atoms with Crippen LogP contribution in [0, 0.1) is 12.7 Å². The van der Waals surface area contributed by atoms with Crippen LogP contribution in [0.2, 0.25) is 0 Å². The topological polar surface area (TPSA) is 29.1 Å². The van der Waals surface area contributed by atoms with E-state index in [1.807, 2.05) is 19.9 Å². The molecule has 0 saturated heterocycles. The number of hydrogen-bond acceptors (Lipinski definition) is 1. The van der Waals surface area contributed by atoms with Crippen molar-refractivity contribution < 1.29 is 9.18 Å². The molecule has 0 spiro atoms. The summed E-state index contributed by atoms with van der Waals surface area (Å²) in [5.41, 5.74) is 1.35. The van der Waals surface area contributed by atoms with Gasteiger partial charge in [0, 0.05) is 12.5 Å². The Morgan fingerprint density at radius 1 is 1.44 bits per heavy atom. The van der Waals surface area contributed by atoms with E-state index in [0.29, 0.717) is 12.0 Å². The van der Waals surface area contributed by atoms with Crippen LogP contribution in [0.1, 0.15) is 31.9 Å². The molecule has 0 aliphatic carbocycles. The molecule has 3 heteroatoms. The minimum atomic E-state index is -0.309. The Labute approximate surface area is 95.9 Å². The third kappa shape index (κ3) is 3.65. The molecule has 1 aromatic rings. The summed E-state index contributed by atoms with van der Waals surface area (Å²) in [6.07, 6.45) is 0.688. The van der Waals surface area contributed by atoms with Crippen LogP contribution in [0.25, 0.3) is 0 Å². The molecule has 0 aliphatic heterocycles. The molecule has 0 unspecified atom stereocenters. The Kier molecular flexibility index (Phi) is 3.68. The molecule has 1 N–H and O–H groups in total. The van der Waals surface area contributed by atoms with Crippen LogP contribution in [0.4, 0.5) is 4.39 Å². The zero-order chi connectivity index (χ0) is 12.3. The summed E-state index contributed by atoms with van der Waals surface area (Å²) in [6, 6.07) is 5.04. The van der Waals surface area contributed by atoms with Crippen molar-refractivity contribution in [3.8, 4) is 0 Å². The SMILES string of the molecule is CC(=O)NC(C)(C)Cc1ccc(F)c(C)c1. The van der Waals surface area contributed by atoms with Gasteiger partial charge in [-0.2, -0.15) is 0 Å². The first kappa shape index (κ1) is 12.7. The molecular formula is C13H18FNO. The average molecular weight is 223 g/mol. The van der Waals surface area contributed by atoms with Gasteiger partial charge in [-0.25, -0.2) is 4.39 Å². The second-order valence-corrected chi connectivity index (χ2v) is 4.83. The molecule has 88 valence electrons. The Hall–Kier alpha value is -1.38. The lowest BCUT2D eigenvalue weighted by Crippen LogP contribution is -2.44. The van der Waals surface area contributed by atoms with Crippen molar-refractivity contribution in [2.24, 2.45) is 0 Å². The Bertz CT molecular complexity index is 399. The average Bonchev–Trinajstić information content (AvgIpc) is 2.08. The summed E-state index contributed by atoms with van der Waals surface area (Å²) in [6.45, 7) is 7.14. The highest BCUT2D eigenvalue weighted by atomic mass is 19.1. The standard InChI is InChI=1S/C13H18FNO/c1-9-7-11(5-6-12(9)14)8-13(3,4)15-10(2)16/h5-7H,8H2,1-4H3,(H,15,16). The number of amides is 1. The van der Waals surface area contributed by atoms with Gasteiger partial charge in [0.05, 0.1) is 0 Å². The van der Waals surface area contributed by atoms with Gasteiger partial charge in [0.2, 0.25) is 5.91 Å². The third-order valence-electron chi connectivity index (χ3n) is 2.38. The first-order valence-electron chi connectivity index (χ1n) is 5.34. The van der Waals surface area contributed by atoms with E-state index < -0.39 is 0 Å². The number of hydrogen-bond donors (Lipinski definition) is 1. The van der Waals surface area contributed by atoms with Crippen LogP contribution in [0.15, 0.2) is 18.2 Å². The van der Waals surface area contributed by atoms with Crippen molar-refractivity contribution in [1.29, 1.82) is 0 Å². The number of carbonyl (C=O) groups excluding carboxylic acids is 1. The molecule has 1 aromatic carbocycles. The first-order chi connectivity index (χ1) is 7.30. The molecule has 1 rings (SSSR count). The summed E-state index contributed by atoms with van der Waals surface area (Å²) in [5, 5.41) is 2.87. The summed E-state index contributed by atoms with van der Waals surface area (Å²) < 4.78 is 13.1. The van der Waals surface area contributed by atoms with E-state index in [1.54, 1.807) is 13.0 Å². The van der Waals surface area contributed by atoms with E-state index in [9.17, 15) is 9.18 Å². The molecule has 0 aliphatic rings. The van der Waals surface area contributed by atoms with Gasteiger partial charge in [-0.05, 0) is 44.4 Å². The highest BCUT2D eigenvalue weighted by molar-refractivity contribution is 5.73. The molecule has 0 bridgehead atoms. The summed E-state index contributed by atoms with van der Waals surface area (Å²) >= 11 is 0. The van der Waals surface area contributed by atoms with Gasteiger partial charge in [0.25, 0.3) is 0 Å². The number of aryl methyl sites for hydroxylation is 1. The quantitative estimate of drug-likeness (QED) is 0.838. The second-order valence-electron chi connectivity index (χ2n) is 4.83. The maximum atomic E-state index is 13.1. The number of benzene rings is 1. The fourth-order valence-corrected chi connectivity index (χ4v) is 1.85. The van der Waals surface area contributed by atoms with Crippen molar-refractivity contribution >= 4 is 5.91 Å². The van der Waals surface area contributed by atoms with E-state index >= 15 is 0 Å². The van der Waals surface area contributed by atoms with E-state index in [0.717, 1.165) is 5.56 Å². The third-order valence-corrected chi connectivity index (χ3v) is 2.38. The molecule has 2 nitrogen and oxygen atoms in total. The summed E-state index contributed by atoms with van der Waals surface area (Å²) in [5.74, 6) is -0.245. The second kappa shape index (κ2) is 4.64. The van der Waals surface area contributed by atoms with Gasteiger partial charge < -0.3 is 5.32 Å². The Morgan fingerprint density at radius 2 is 2.06 bits per heavy atom. The van der Waals surface area contributed by atoms with Gasteiger partial charge in [0.15, 0.2) is 0 Å². The summed E-state index contributed by atoms with van der Waals surface area (Å²) in [4.78, 5) is 11.0. The molecule has 0 saturated carbocycles. The number of rotatable bonds is 3. The maximum absolute atomic E-state index is 13.1. The van der Waals surface area contributed by atoms with E-state index in [2.05, 4.69) is 5.32 Å². The zero-order valence-electron chi connectivity index (χ0n) is 10.2. The van der Waals surface area contributed by atoms with Crippen molar-refractivity contribution in [3.63, 3.8) is 0 Å². The normalized spacial score (nSPS) is 11.3. The van der Waals surface area contributed by atoms with Crippen LogP contribution in [-0.4, -0.2) is 11.4 Å². The Morgan fingerprint density at radius 3 is 2.56 bits per heavy atom. The lowest BCUT2D eigenvalue weighted by atomic mass is 9.94. The van der Waals surface area contributed by atoms with Crippen LogP contribution in [0.5, 0.6) is 0 Å². The molecular weight excluding hydrogens is 205 g/mol.